The Bertz CT molecular complexity index is 1910. The second-order valence-corrected chi connectivity index (χ2v) is 27.2. The van der Waals surface area contributed by atoms with E-state index in [1.807, 2.05) is 0 Å². The molecule has 3 aromatic rings. The van der Waals surface area contributed by atoms with Crippen molar-refractivity contribution in [3.63, 3.8) is 0 Å². The van der Waals surface area contributed by atoms with Gasteiger partial charge in [0.05, 0.1) is 0 Å². The van der Waals surface area contributed by atoms with E-state index in [2.05, 4.69) is 153 Å². The normalized spacial score (nSPS) is 30.7. The molecule has 0 amide bonds. The number of aliphatic imine (C=N–C) groups is 2. The predicted octanol–water partition coefficient (Wildman–Crippen LogP) is 22.4. The largest absolute Gasteiger partial charge is 0.287 e. The summed E-state index contributed by atoms with van der Waals surface area (Å²) in [6, 6.07) is 32.7. The maximum Gasteiger partial charge on any atom is 0.101 e. The molecule has 77 heavy (non-hydrogen) atoms. The Morgan fingerprint density at radius 3 is 1.00 bits per heavy atom. The van der Waals surface area contributed by atoms with E-state index >= 15 is 0 Å². The van der Waals surface area contributed by atoms with Crippen molar-refractivity contribution in [3.8, 4) is 0 Å². The van der Waals surface area contributed by atoms with Crippen molar-refractivity contribution in [1.82, 2.24) is 0 Å². The lowest BCUT2D eigenvalue weighted by atomic mass is 9.77. The molecule has 0 spiro atoms. The molecule has 0 bridgehead atoms. The summed E-state index contributed by atoms with van der Waals surface area (Å²) in [5, 5.41) is 0. The zero-order valence-electron chi connectivity index (χ0n) is 49.1. The molecule has 9 fully saturated rings. The zero-order chi connectivity index (χ0) is 53.4. The molecule has 14 atom stereocenters. The summed E-state index contributed by atoms with van der Waals surface area (Å²) in [5.74, 6) is 5.97. The fourth-order valence-corrected chi connectivity index (χ4v) is 15.4. The molecule has 12 unspecified atom stereocenters. The number of benzene rings is 3. The van der Waals surface area contributed by atoms with Gasteiger partial charge in [-0.1, -0.05) is 296 Å². The fraction of sp³-hybridized carbons (Fsp3) is 0.671. The average molecular weight is 1080 g/mol. The summed E-state index contributed by atoms with van der Waals surface area (Å²) >= 11 is 0. The highest BCUT2D eigenvalue weighted by Gasteiger charge is 2.30. The summed E-state index contributed by atoms with van der Waals surface area (Å²) in [7, 11) is 6.06. The van der Waals surface area contributed by atoms with Gasteiger partial charge in [0, 0.05) is 24.3 Å². The molecule has 0 aromatic heterocycles. The maximum atomic E-state index is 5.21. The van der Waals surface area contributed by atoms with Gasteiger partial charge in [0.2, 0.25) is 0 Å². The molecular weight excluding hydrogens is 967 g/mol. The van der Waals surface area contributed by atoms with Gasteiger partial charge in [0.1, 0.15) is 12.1 Å². The van der Waals surface area contributed by atoms with Crippen LogP contribution in [-0.4, -0.2) is 23.7 Å². The minimum atomic E-state index is 0.00649. The first-order valence-electron chi connectivity index (χ1n) is 33.1. The van der Waals surface area contributed by atoms with Crippen LogP contribution in [0.3, 0.4) is 0 Å². The third kappa shape index (κ3) is 22.7. The first-order chi connectivity index (χ1) is 38.0. The minimum absolute atomic E-state index is 0.00649. The van der Waals surface area contributed by atoms with Crippen LogP contribution < -0.4 is 0 Å². The van der Waals surface area contributed by atoms with Gasteiger partial charge < -0.3 is 0 Å². The van der Waals surface area contributed by atoms with Gasteiger partial charge in [-0.2, -0.15) is 0 Å². The quantitative estimate of drug-likeness (QED) is 0.0981. The lowest BCUT2D eigenvalue weighted by Gasteiger charge is -2.28. The van der Waals surface area contributed by atoms with Crippen molar-refractivity contribution < 1.29 is 0 Å². The van der Waals surface area contributed by atoms with E-state index in [4.69, 9.17) is 9.98 Å². The minimum Gasteiger partial charge on any atom is -0.287 e. The summed E-state index contributed by atoms with van der Waals surface area (Å²) in [5.41, 5.74) is 5.35. The van der Waals surface area contributed by atoms with Crippen LogP contribution in [0, 0.1) is 41.4 Å². The van der Waals surface area contributed by atoms with E-state index < -0.39 is 0 Å². The van der Waals surface area contributed by atoms with Gasteiger partial charge in [-0.3, -0.25) is 9.98 Å². The Labute approximate surface area is 479 Å². The molecule has 0 heterocycles. The van der Waals surface area contributed by atoms with Crippen LogP contribution >= 0.6 is 18.5 Å². The first kappa shape index (κ1) is 61.9. The van der Waals surface area contributed by atoms with Gasteiger partial charge in [-0.25, -0.2) is 0 Å². The Morgan fingerprint density at radius 1 is 0.325 bits per heavy atom. The monoisotopic (exact) mass is 1080 g/mol. The van der Waals surface area contributed by atoms with Gasteiger partial charge in [0.25, 0.3) is 0 Å². The molecule has 3 aromatic carbocycles. The molecule has 4 heteroatoms. The van der Waals surface area contributed by atoms with Crippen molar-refractivity contribution >= 4 is 30.9 Å². The third-order valence-corrected chi connectivity index (χ3v) is 21.2. The Hall–Kier alpha value is -2.66. The molecular formula is C73H112N2P2. The lowest BCUT2D eigenvalue weighted by Crippen LogP contribution is -2.17. The van der Waals surface area contributed by atoms with E-state index in [9.17, 15) is 0 Å². The van der Waals surface area contributed by atoms with Crippen LogP contribution in [0.5, 0.6) is 0 Å². The SMILES string of the molecule is C1CCCC1.C1CCCC1.C1CCCC1.C1CCCC1.CC1CCCC1/C=C/[C@@H]1CCCC[C@H]1/C=C/C1CCCC1c1ccccc1.PC1CCCC1C=NC(c1ccccc1)C(N=CC1CCCC1P)c1ccccc1. The topological polar surface area (TPSA) is 24.7 Å². The standard InChI is InChI=1S/C27H38.C26H34N2P2.4C5H10/c1-21-9-7-14-22(21)17-18-23-10-5-6-11-24(23)19-20-26-15-8-16-27(26)25-12-3-2-4-13-25;29-23-15-7-13-21(23)17-27-25(19-9-3-1-4-10-19)26(20-11-5-2-6-12-20)28-18-22-14-8-16-24(22)30;4*1-2-4-5-3-1/h2-4,12-13,17-24,26-27H,5-11,14-16H2,1H3;1-6,9-12,17-18,21-26H,7-8,13-16,29-30H2;4*1-5H2/b18-17+,20-19+;;;;;/t21?,22?,23-,24-,26?,27?;;;;;/m0...../s1. The first-order valence-corrected chi connectivity index (χ1v) is 34.5. The van der Waals surface area contributed by atoms with Crippen LogP contribution in [0.2, 0.25) is 0 Å². The van der Waals surface area contributed by atoms with Crippen molar-refractivity contribution in [2.45, 2.75) is 267 Å². The van der Waals surface area contributed by atoms with E-state index in [0.29, 0.717) is 23.2 Å². The molecule has 0 aliphatic heterocycles. The van der Waals surface area contributed by atoms with Crippen molar-refractivity contribution in [3.05, 3.63) is 132 Å². The highest BCUT2D eigenvalue weighted by Crippen LogP contribution is 2.43. The van der Waals surface area contributed by atoms with Crippen LogP contribution in [0.1, 0.15) is 273 Å². The van der Waals surface area contributed by atoms with Gasteiger partial charge >= 0.3 is 0 Å². The van der Waals surface area contributed by atoms with Crippen molar-refractivity contribution in [2.24, 2.45) is 51.4 Å². The van der Waals surface area contributed by atoms with Crippen LogP contribution in [0.15, 0.2) is 125 Å². The molecule has 9 saturated carbocycles. The second-order valence-electron chi connectivity index (χ2n) is 25.5. The van der Waals surface area contributed by atoms with Crippen LogP contribution in [0.4, 0.5) is 0 Å². The molecule has 0 saturated heterocycles. The third-order valence-electron chi connectivity index (χ3n) is 19.5. The second kappa shape index (κ2) is 37.4. The molecule has 9 aliphatic carbocycles. The fourth-order valence-electron chi connectivity index (χ4n) is 14.4. The lowest BCUT2D eigenvalue weighted by molar-refractivity contribution is 0.333. The van der Waals surface area contributed by atoms with Crippen LogP contribution in [-0.2, 0) is 0 Å². The van der Waals surface area contributed by atoms with E-state index in [1.165, 1.54) is 242 Å². The highest BCUT2D eigenvalue weighted by molar-refractivity contribution is 7.17. The molecule has 424 valence electrons. The summed E-state index contributed by atoms with van der Waals surface area (Å²) in [4.78, 5) is 10.4. The number of rotatable bonds is 12. The zero-order valence-corrected chi connectivity index (χ0v) is 51.4. The Balaban J connectivity index is 0.000000164. The van der Waals surface area contributed by atoms with Crippen LogP contribution in [0.25, 0.3) is 0 Å². The van der Waals surface area contributed by atoms with Crippen molar-refractivity contribution in [1.29, 1.82) is 0 Å². The van der Waals surface area contributed by atoms with Gasteiger partial charge in [-0.05, 0) is 121 Å². The Kier molecular flexibility index (Phi) is 30.1. The van der Waals surface area contributed by atoms with Gasteiger partial charge in [-0.15, -0.1) is 18.5 Å². The average Bonchev–Trinajstić information content (AvgIpc) is 4.33. The predicted molar refractivity (Wildman–Crippen MR) is 346 cm³/mol. The number of allylic oxidation sites excluding steroid dienone is 4. The number of hydrogen-bond acceptors (Lipinski definition) is 2. The number of hydrogen-bond donors (Lipinski definition) is 0. The van der Waals surface area contributed by atoms with E-state index in [0.717, 1.165) is 35.5 Å². The smallest absolute Gasteiger partial charge is 0.101 e. The molecule has 9 aliphatic rings. The molecule has 0 N–H and O–H groups in total. The molecule has 0 radical (unpaired) electrons. The summed E-state index contributed by atoms with van der Waals surface area (Å²) in [6.45, 7) is 2.45. The number of nitrogens with zero attached hydrogens (tertiary/aromatic N) is 2. The summed E-state index contributed by atoms with van der Waals surface area (Å²) in [6.07, 6.45) is 66.7. The Morgan fingerprint density at radius 2 is 0.636 bits per heavy atom. The molecule has 2 nitrogen and oxygen atoms in total. The van der Waals surface area contributed by atoms with Gasteiger partial charge in [0.15, 0.2) is 0 Å². The maximum absolute atomic E-state index is 5.21. The highest BCUT2D eigenvalue weighted by atomic mass is 31.0. The molecule has 12 rings (SSSR count). The van der Waals surface area contributed by atoms with E-state index in [1.54, 1.807) is 5.56 Å². The van der Waals surface area contributed by atoms with Crippen molar-refractivity contribution in [2.75, 3.05) is 0 Å². The summed E-state index contributed by atoms with van der Waals surface area (Å²) < 4.78 is 0. The van der Waals surface area contributed by atoms with E-state index in [-0.39, 0.29) is 12.1 Å².